The number of aryl methyl sites for hydroxylation is 1. The van der Waals surface area contributed by atoms with Gasteiger partial charge in [0.2, 0.25) is 0 Å². The minimum Gasteiger partial charge on any atom is -0.478 e. The first-order chi connectivity index (χ1) is 9.47. The zero-order chi connectivity index (χ0) is 14.7. The molecule has 2 rings (SSSR count). The predicted molar refractivity (Wildman–Crippen MR) is 74.5 cm³/mol. The molecular formula is C14H12N2O4. The van der Waals surface area contributed by atoms with E-state index in [9.17, 15) is 14.9 Å². The first kappa shape index (κ1) is 13.5. The summed E-state index contributed by atoms with van der Waals surface area (Å²) >= 11 is 0. The predicted octanol–water partition coefficient (Wildman–Crippen LogP) is 3.35. The number of aromatic carboxylic acids is 1. The molecular weight excluding hydrogens is 260 g/mol. The lowest BCUT2D eigenvalue weighted by atomic mass is 10.1. The van der Waals surface area contributed by atoms with Crippen LogP contribution in [0.3, 0.4) is 0 Å². The molecule has 0 atom stereocenters. The molecule has 0 spiro atoms. The topological polar surface area (TPSA) is 92.5 Å². The standard InChI is InChI=1S/C14H12N2O4/c1-9-3-2-4-11(7-9)15-12-6-5-10(14(17)18)8-13(12)16(19)20/h2-8,15H,1H3,(H,17,18). The van der Waals surface area contributed by atoms with Gasteiger partial charge in [-0.05, 0) is 36.8 Å². The molecule has 20 heavy (non-hydrogen) atoms. The summed E-state index contributed by atoms with van der Waals surface area (Å²) in [6.07, 6.45) is 0. The van der Waals surface area contributed by atoms with E-state index in [0.717, 1.165) is 11.6 Å². The van der Waals surface area contributed by atoms with Crippen molar-refractivity contribution in [1.29, 1.82) is 0 Å². The molecule has 0 aliphatic rings. The SMILES string of the molecule is Cc1cccc(Nc2ccc(C(=O)O)cc2[N+](=O)[O-])c1. The Bertz CT molecular complexity index is 683. The molecule has 0 aromatic heterocycles. The number of anilines is 2. The van der Waals surface area contributed by atoms with Crippen molar-refractivity contribution in [3.8, 4) is 0 Å². The highest BCUT2D eigenvalue weighted by Gasteiger charge is 2.17. The Kier molecular flexibility index (Phi) is 3.65. The van der Waals surface area contributed by atoms with Gasteiger partial charge in [-0.1, -0.05) is 12.1 Å². The third-order valence-corrected chi connectivity index (χ3v) is 2.74. The summed E-state index contributed by atoms with van der Waals surface area (Å²) in [6, 6.07) is 11.1. The van der Waals surface area contributed by atoms with E-state index in [1.165, 1.54) is 12.1 Å². The second-order valence-electron chi connectivity index (χ2n) is 4.29. The molecule has 0 heterocycles. The van der Waals surface area contributed by atoms with Gasteiger partial charge in [-0.2, -0.15) is 0 Å². The van der Waals surface area contributed by atoms with Gasteiger partial charge in [0.15, 0.2) is 0 Å². The maximum absolute atomic E-state index is 11.0. The van der Waals surface area contributed by atoms with Crippen LogP contribution in [0.25, 0.3) is 0 Å². The molecule has 6 heteroatoms. The quantitative estimate of drug-likeness (QED) is 0.657. The number of nitrogens with zero attached hydrogens (tertiary/aromatic N) is 1. The van der Waals surface area contributed by atoms with Crippen molar-refractivity contribution in [2.45, 2.75) is 6.92 Å². The molecule has 0 amide bonds. The molecule has 2 aromatic rings. The van der Waals surface area contributed by atoms with Crippen LogP contribution < -0.4 is 5.32 Å². The van der Waals surface area contributed by atoms with Crippen LogP contribution in [0, 0.1) is 17.0 Å². The van der Waals surface area contributed by atoms with Crippen molar-refractivity contribution < 1.29 is 14.8 Å². The molecule has 0 unspecified atom stereocenters. The largest absolute Gasteiger partial charge is 0.478 e. The maximum Gasteiger partial charge on any atom is 0.335 e. The van der Waals surface area contributed by atoms with Gasteiger partial charge in [0.25, 0.3) is 5.69 Å². The van der Waals surface area contributed by atoms with Crippen molar-refractivity contribution in [2.75, 3.05) is 5.32 Å². The third kappa shape index (κ3) is 2.92. The number of rotatable bonds is 4. The van der Waals surface area contributed by atoms with Gasteiger partial charge in [-0.3, -0.25) is 10.1 Å². The fraction of sp³-hybridized carbons (Fsp3) is 0.0714. The number of benzene rings is 2. The normalized spacial score (nSPS) is 10.1. The van der Waals surface area contributed by atoms with Crippen LogP contribution in [0.1, 0.15) is 15.9 Å². The number of hydrogen-bond donors (Lipinski definition) is 2. The van der Waals surface area contributed by atoms with E-state index in [4.69, 9.17) is 5.11 Å². The average Bonchev–Trinajstić information content (AvgIpc) is 2.38. The third-order valence-electron chi connectivity index (χ3n) is 2.74. The van der Waals surface area contributed by atoms with E-state index in [1.54, 1.807) is 6.07 Å². The highest BCUT2D eigenvalue weighted by atomic mass is 16.6. The van der Waals surface area contributed by atoms with Gasteiger partial charge in [-0.25, -0.2) is 4.79 Å². The highest BCUT2D eigenvalue weighted by Crippen LogP contribution is 2.28. The molecule has 102 valence electrons. The fourth-order valence-corrected chi connectivity index (χ4v) is 1.80. The molecule has 0 saturated carbocycles. The van der Waals surface area contributed by atoms with Crippen LogP contribution in [-0.2, 0) is 0 Å². The van der Waals surface area contributed by atoms with Crippen LogP contribution in [0.5, 0.6) is 0 Å². The maximum atomic E-state index is 11.0. The molecule has 2 N–H and O–H groups in total. The smallest absolute Gasteiger partial charge is 0.335 e. The Morgan fingerprint density at radius 2 is 2.00 bits per heavy atom. The summed E-state index contributed by atoms with van der Waals surface area (Å²) in [5.74, 6) is -1.20. The van der Waals surface area contributed by atoms with Crippen LogP contribution >= 0.6 is 0 Å². The van der Waals surface area contributed by atoms with Gasteiger partial charge in [0.05, 0.1) is 10.5 Å². The van der Waals surface area contributed by atoms with Crippen molar-refractivity contribution >= 4 is 23.0 Å². The fourth-order valence-electron chi connectivity index (χ4n) is 1.80. The number of hydrogen-bond acceptors (Lipinski definition) is 4. The van der Waals surface area contributed by atoms with E-state index in [-0.39, 0.29) is 16.9 Å². The average molecular weight is 272 g/mol. The number of nitrogens with one attached hydrogen (secondary N) is 1. The van der Waals surface area contributed by atoms with Gasteiger partial charge in [0.1, 0.15) is 5.69 Å². The molecule has 6 nitrogen and oxygen atoms in total. The van der Waals surface area contributed by atoms with E-state index in [0.29, 0.717) is 5.69 Å². The molecule has 0 bridgehead atoms. The van der Waals surface area contributed by atoms with Crippen molar-refractivity contribution in [2.24, 2.45) is 0 Å². The first-order valence-electron chi connectivity index (χ1n) is 5.83. The lowest BCUT2D eigenvalue weighted by Crippen LogP contribution is -2.01. The number of carbonyl (C=O) groups is 1. The number of nitro benzene ring substituents is 1. The number of carboxylic acids is 1. The van der Waals surface area contributed by atoms with Crippen molar-refractivity contribution in [3.63, 3.8) is 0 Å². The summed E-state index contributed by atoms with van der Waals surface area (Å²) in [6.45, 7) is 1.91. The first-order valence-corrected chi connectivity index (χ1v) is 5.83. The monoisotopic (exact) mass is 272 g/mol. The summed E-state index contributed by atoms with van der Waals surface area (Å²) < 4.78 is 0. The van der Waals surface area contributed by atoms with E-state index < -0.39 is 10.9 Å². The number of carboxylic acid groups (broad SMARTS) is 1. The lowest BCUT2D eigenvalue weighted by molar-refractivity contribution is -0.383. The zero-order valence-corrected chi connectivity index (χ0v) is 10.7. The summed E-state index contributed by atoms with van der Waals surface area (Å²) in [7, 11) is 0. The van der Waals surface area contributed by atoms with Crippen LogP contribution in [-0.4, -0.2) is 16.0 Å². The minimum absolute atomic E-state index is 0.119. The van der Waals surface area contributed by atoms with E-state index >= 15 is 0 Å². The van der Waals surface area contributed by atoms with Gasteiger partial charge < -0.3 is 10.4 Å². The van der Waals surface area contributed by atoms with Crippen LogP contribution in [0.15, 0.2) is 42.5 Å². The van der Waals surface area contributed by atoms with Gasteiger partial charge in [0, 0.05) is 11.8 Å². The Morgan fingerprint density at radius 1 is 1.25 bits per heavy atom. The summed E-state index contributed by atoms with van der Waals surface area (Å²) in [5, 5.41) is 22.8. The molecule has 0 saturated heterocycles. The molecule has 0 aliphatic heterocycles. The van der Waals surface area contributed by atoms with Gasteiger partial charge in [-0.15, -0.1) is 0 Å². The van der Waals surface area contributed by atoms with Crippen molar-refractivity contribution in [1.82, 2.24) is 0 Å². The summed E-state index contributed by atoms with van der Waals surface area (Å²) in [4.78, 5) is 21.3. The Hall–Kier alpha value is -2.89. The van der Waals surface area contributed by atoms with Crippen LogP contribution in [0.2, 0.25) is 0 Å². The lowest BCUT2D eigenvalue weighted by Gasteiger charge is -2.08. The minimum atomic E-state index is -1.20. The van der Waals surface area contributed by atoms with Gasteiger partial charge >= 0.3 is 5.97 Å². The molecule has 0 radical (unpaired) electrons. The molecule has 0 fully saturated rings. The second-order valence-corrected chi connectivity index (χ2v) is 4.29. The highest BCUT2D eigenvalue weighted by molar-refractivity contribution is 5.90. The van der Waals surface area contributed by atoms with E-state index in [2.05, 4.69) is 5.32 Å². The Labute approximate surface area is 114 Å². The van der Waals surface area contributed by atoms with Crippen molar-refractivity contribution in [3.05, 3.63) is 63.7 Å². The molecule has 2 aromatic carbocycles. The molecule has 0 aliphatic carbocycles. The summed E-state index contributed by atoms with van der Waals surface area (Å²) in [5.41, 5.74) is 1.58. The van der Waals surface area contributed by atoms with E-state index in [1.807, 2.05) is 25.1 Å². The Morgan fingerprint density at radius 3 is 2.60 bits per heavy atom. The second kappa shape index (κ2) is 5.40. The van der Waals surface area contributed by atoms with Crippen LogP contribution in [0.4, 0.5) is 17.1 Å². The number of nitro groups is 1. The zero-order valence-electron chi connectivity index (χ0n) is 10.7. The Balaban J connectivity index is 2.41.